The zero-order valence-electron chi connectivity index (χ0n) is 9.39. The molecule has 4 nitrogen and oxygen atoms in total. The third-order valence-electron chi connectivity index (χ3n) is 3.08. The molecule has 1 saturated carbocycles. The number of halogens is 1. The Labute approximate surface area is 106 Å². The van der Waals surface area contributed by atoms with Gasteiger partial charge in [0.1, 0.15) is 5.15 Å². The highest BCUT2D eigenvalue weighted by atomic mass is 35.5. The number of nitrogens with zero attached hydrogens (tertiary/aromatic N) is 1. The van der Waals surface area contributed by atoms with Gasteiger partial charge in [-0.25, -0.2) is 18.1 Å². The Hall–Kier alpha value is -0.650. The smallest absolute Gasteiger partial charge is 0.240 e. The average Bonchev–Trinajstić information content (AvgIpc) is 2.22. The molecule has 17 heavy (non-hydrogen) atoms. The molecule has 1 N–H and O–H groups in total. The van der Waals surface area contributed by atoms with Crippen molar-refractivity contribution in [2.75, 3.05) is 6.54 Å². The van der Waals surface area contributed by atoms with Gasteiger partial charge in [0, 0.05) is 12.7 Å². The quantitative estimate of drug-likeness (QED) is 0.838. The highest BCUT2D eigenvalue weighted by Gasteiger charge is 2.19. The monoisotopic (exact) mass is 274 g/mol. The van der Waals surface area contributed by atoms with Crippen LogP contribution < -0.4 is 4.72 Å². The molecule has 0 bridgehead atoms. The van der Waals surface area contributed by atoms with Crippen molar-refractivity contribution in [3.8, 4) is 0 Å². The fourth-order valence-corrected chi connectivity index (χ4v) is 3.11. The molecular weight excluding hydrogens is 260 g/mol. The first kappa shape index (κ1) is 12.8. The van der Waals surface area contributed by atoms with E-state index in [4.69, 9.17) is 11.6 Å². The summed E-state index contributed by atoms with van der Waals surface area (Å²) in [4.78, 5) is 3.93. The van der Waals surface area contributed by atoms with E-state index in [1.165, 1.54) is 37.6 Å². The molecule has 1 aromatic heterocycles. The Kier molecular flexibility index (Phi) is 4.01. The summed E-state index contributed by atoms with van der Waals surface area (Å²) >= 11 is 5.66. The van der Waals surface area contributed by atoms with E-state index < -0.39 is 10.0 Å². The zero-order valence-corrected chi connectivity index (χ0v) is 11.0. The average molecular weight is 275 g/mol. The van der Waals surface area contributed by atoms with Crippen LogP contribution in [0.1, 0.15) is 25.7 Å². The SMILES string of the molecule is O=S(=O)(NCCC1CCC1)c1ccnc(Cl)c1. The molecule has 1 aliphatic rings. The maximum atomic E-state index is 11.9. The number of sulfonamides is 1. The Morgan fingerprint density at radius 3 is 2.82 bits per heavy atom. The molecule has 0 unspecified atom stereocenters. The Bertz CT molecular complexity index is 486. The summed E-state index contributed by atoms with van der Waals surface area (Å²) in [6.45, 7) is 0.493. The van der Waals surface area contributed by atoms with Crippen LogP contribution in [0.4, 0.5) is 0 Å². The van der Waals surface area contributed by atoms with Gasteiger partial charge in [-0.15, -0.1) is 0 Å². The van der Waals surface area contributed by atoms with Crippen molar-refractivity contribution >= 4 is 21.6 Å². The second-order valence-corrected chi connectivity index (χ2v) is 6.45. The van der Waals surface area contributed by atoms with Crippen LogP contribution in [0.15, 0.2) is 23.2 Å². The summed E-state index contributed by atoms with van der Waals surface area (Å²) in [7, 11) is -3.44. The van der Waals surface area contributed by atoms with Crippen molar-refractivity contribution in [2.24, 2.45) is 5.92 Å². The molecule has 1 aliphatic carbocycles. The molecule has 0 saturated heterocycles. The molecule has 0 aliphatic heterocycles. The third-order valence-corrected chi connectivity index (χ3v) is 4.74. The summed E-state index contributed by atoms with van der Waals surface area (Å²) in [5.74, 6) is 0.693. The summed E-state index contributed by atoms with van der Waals surface area (Å²) < 4.78 is 26.3. The number of nitrogens with one attached hydrogen (secondary N) is 1. The molecule has 0 radical (unpaired) electrons. The van der Waals surface area contributed by atoms with Gasteiger partial charge in [-0.1, -0.05) is 30.9 Å². The molecule has 0 atom stereocenters. The van der Waals surface area contributed by atoms with E-state index in [2.05, 4.69) is 9.71 Å². The lowest BCUT2D eigenvalue weighted by atomic mass is 9.83. The molecule has 1 heterocycles. The standard InChI is InChI=1S/C11H15ClN2O2S/c12-11-8-10(5-6-13-11)17(15,16)14-7-4-9-2-1-3-9/h5-6,8-9,14H,1-4,7H2. The van der Waals surface area contributed by atoms with Crippen LogP contribution in [-0.4, -0.2) is 19.9 Å². The van der Waals surface area contributed by atoms with E-state index in [1.54, 1.807) is 0 Å². The van der Waals surface area contributed by atoms with Crippen molar-refractivity contribution in [1.29, 1.82) is 0 Å². The summed E-state index contributed by atoms with van der Waals surface area (Å²) in [6.07, 6.45) is 6.03. The predicted molar refractivity (Wildman–Crippen MR) is 66.4 cm³/mol. The van der Waals surface area contributed by atoms with Gasteiger partial charge >= 0.3 is 0 Å². The highest BCUT2D eigenvalue weighted by molar-refractivity contribution is 7.89. The number of hydrogen-bond donors (Lipinski definition) is 1. The van der Waals surface area contributed by atoms with Crippen LogP contribution in [-0.2, 0) is 10.0 Å². The van der Waals surface area contributed by atoms with Gasteiger partial charge in [-0.2, -0.15) is 0 Å². The molecule has 0 amide bonds. The second-order valence-electron chi connectivity index (χ2n) is 4.30. The van der Waals surface area contributed by atoms with E-state index in [0.717, 1.165) is 6.42 Å². The maximum absolute atomic E-state index is 11.9. The van der Waals surface area contributed by atoms with Gasteiger partial charge in [0.15, 0.2) is 0 Å². The molecule has 2 rings (SSSR count). The van der Waals surface area contributed by atoms with E-state index in [1.807, 2.05) is 0 Å². The molecular formula is C11H15ClN2O2S. The second kappa shape index (κ2) is 5.33. The van der Waals surface area contributed by atoms with Crippen molar-refractivity contribution < 1.29 is 8.42 Å². The van der Waals surface area contributed by atoms with Crippen molar-refractivity contribution in [1.82, 2.24) is 9.71 Å². The third kappa shape index (κ3) is 3.40. The first-order chi connectivity index (χ1) is 8.08. The van der Waals surface area contributed by atoms with Crippen molar-refractivity contribution in [3.63, 3.8) is 0 Å². The first-order valence-corrected chi connectivity index (χ1v) is 7.55. The number of rotatable bonds is 5. The van der Waals surface area contributed by atoms with Gasteiger partial charge in [0.25, 0.3) is 0 Å². The minimum atomic E-state index is -3.44. The van der Waals surface area contributed by atoms with Crippen molar-refractivity contribution in [3.05, 3.63) is 23.5 Å². The number of pyridine rings is 1. The highest BCUT2D eigenvalue weighted by Crippen LogP contribution is 2.28. The van der Waals surface area contributed by atoms with Gasteiger partial charge in [0.2, 0.25) is 10.0 Å². The lowest BCUT2D eigenvalue weighted by Gasteiger charge is -2.25. The summed E-state index contributed by atoms with van der Waals surface area (Å²) in [6, 6.07) is 2.80. The number of aromatic nitrogens is 1. The minimum Gasteiger partial charge on any atom is -0.244 e. The van der Waals surface area contributed by atoms with Crippen LogP contribution in [0.3, 0.4) is 0 Å². The lowest BCUT2D eigenvalue weighted by Crippen LogP contribution is -2.27. The summed E-state index contributed by atoms with van der Waals surface area (Å²) in [5, 5.41) is 0.187. The molecule has 0 aromatic carbocycles. The Morgan fingerprint density at radius 2 is 2.24 bits per heavy atom. The fourth-order valence-electron chi connectivity index (χ4n) is 1.81. The van der Waals surface area contributed by atoms with E-state index in [9.17, 15) is 8.42 Å². The first-order valence-electron chi connectivity index (χ1n) is 5.69. The molecule has 1 aromatic rings. The summed E-state index contributed by atoms with van der Waals surface area (Å²) in [5.41, 5.74) is 0. The van der Waals surface area contributed by atoms with Crippen LogP contribution >= 0.6 is 11.6 Å². The van der Waals surface area contributed by atoms with E-state index in [-0.39, 0.29) is 10.0 Å². The molecule has 1 fully saturated rings. The fraction of sp³-hybridized carbons (Fsp3) is 0.545. The Balaban J connectivity index is 1.93. The van der Waals surface area contributed by atoms with Crippen molar-refractivity contribution in [2.45, 2.75) is 30.6 Å². The maximum Gasteiger partial charge on any atom is 0.240 e. The van der Waals surface area contributed by atoms with Gasteiger partial charge < -0.3 is 0 Å². The van der Waals surface area contributed by atoms with Crippen LogP contribution in [0.25, 0.3) is 0 Å². The predicted octanol–water partition coefficient (Wildman–Crippen LogP) is 2.20. The number of hydrogen-bond acceptors (Lipinski definition) is 3. The largest absolute Gasteiger partial charge is 0.244 e. The lowest BCUT2D eigenvalue weighted by molar-refractivity contribution is 0.297. The van der Waals surface area contributed by atoms with Gasteiger partial charge in [-0.05, 0) is 24.5 Å². The van der Waals surface area contributed by atoms with Gasteiger partial charge in [-0.3, -0.25) is 0 Å². The van der Waals surface area contributed by atoms with Gasteiger partial charge in [0.05, 0.1) is 4.90 Å². The minimum absolute atomic E-state index is 0.172. The van der Waals surface area contributed by atoms with Crippen LogP contribution in [0.2, 0.25) is 5.15 Å². The van der Waals surface area contributed by atoms with Crippen LogP contribution in [0.5, 0.6) is 0 Å². The zero-order chi connectivity index (χ0) is 12.3. The molecule has 0 spiro atoms. The Morgan fingerprint density at radius 1 is 1.47 bits per heavy atom. The van der Waals surface area contributed by atoms with Crippen LogP contribution in [0, 0.1) is 5.92 Å². The molecule has 6 heteroatoms. The molecule has 94 valence electrons. The topological polar surface area (TPSA) is 59.1 Å². The normalized spacial score (nSPS) is 16.8. The van der Waals surface area contributed by atoms with E-state index >= 15 is 0 Å². The van der Waals surface area contributed by atoms with E-state index in [0.29, 0.717) is 12.5 Å².